The third-order valence-electron chi connectivity index (χ3n) is 4.22. The first-order valence-corrected chi connectivity index (χ1v) is 6.62. The second kappa shape index (κ2) is 3.97. The zero-order chi connectivity index (χ0) is 12.9. The Kier molecular flexibility index (Phi) is 2.54. The summed E-state index contributed by atoms with van der Waals surface area (Å²) in [6.45, 7) is 6.44. The summed E-state index contributed by atoms with van der Waals surface area (Å²) < 4.78 is 0. The number of nitrogens with one attached hydrogen (secondary N) is 1. The van der Waals surface area contributed by atoms with Gasteiger partial charge >= 0.3 is 0 Å². The summed E-state index contributed by atoms with van der Waals surface area (Å²) in [5.74, 6) is 3.51. The van der Waals surface area contributed by atoms with Crippen LogP contribution in [0.4, 0.5) is 0 Å². The lowest BCUT2D eigenvalue weighted by atomic mass is 9.83. The molecule has 3 N–H and O–H groups in total. The van der Waals surface area contributed by atoms with Crippen LogP contribution in [-0.2, 0) is 0 Å². The van der Waals surface area contributed by atoms with Crippen LogP contribution in [0, 0.1) is 11.8 Å². The molecule has 2 atom stereocenters. The van der Waals surface area contributed by atoms with Crippen molar-refractivity contribution in [2.45, 2.75) is 40.0 Å². The lowest BCUT2D eigenvalue weighted by Crippen LogP contribution is -2.38. The maximum Gasteiger partial charge on any atom is 0.155 e. The second-order valence-corrected chi connectivity index (χ2v) is 5.70. The Morgan fingerprint density at radius 2 is 1.94 bits per heavy atom. The van der Waals surface area contributed by atoms with E-state index in [0.29, 0.717) is 11.8 Å². The van der Waals surface area contributed by atoms with Crippen molar-refractivity contribution in [1.82, 2.24) is 5.32 Å². The predicted molar refractivity (Wildman–Crippen MR) is 74.1 cm³/mol. The van der Waals surface area contributed by atoms with E-state index in [1.807, 2.05) is 0 Å². The fraction of sp³-hybridized carbons (Fsp3) is 0.571. The van der Waals surface area contributed by atoms with Gasteiger partial charge in [0.15, 0.2) is 5.82 Å². The number of hydrogen-bond acceptors (Lipinski definition) is 4. The minimum absolute atomic E-state index is 0.357. The highest BCUT2D eigenvalue weighted by molar-refractivity contribution is 5.91. The third kappa shape index (κ3) is 1.76. The number of nitrogens with two attached hydrogens (primary N) is 1. The average Bonchev–Trinajstić information content (AvgIpc) is 2.31. The molecule has 0 radical (unpaired) electrons. The number of allylic oxidation sites excluding steroid dienone is 3. The van der Waals surface area contributed by atoms with Crippen LogP contribution in [0.15, 0.2) is 32.6 Å². The highest BCUT2D eigenvalue weighted by Gasteiger charge is 2.31. The molecule has 4 nitrogen and oxygen atoms in total. The van der Waals surface area contributed by atoms with Crippen molar-refractivity contribution in [2.75, 3.05) is 0 Å². The van der Waals surface area contributed by atoms with Crippen LogP contribution in [0.25, 0.3) is 0 Å². The van der Waals surface area contributed by atoms with Gasteiger partial charge < -0.3 is 11.1 Å². The standard InChI is InChI=1S/C14H20N4/c1-7-4-10-6-11-5-8(2)12(15)17-14(11)18-13(10)16-9(7)3/h8,10H,4-6H2,1-3H3,(H2,15,17)(H,16,18). The van der Waals surface area contributed by atoms with Gasteiger partial charge in [0.2, 0.25) is 0 Å². The molecule has 3 aliphatic rings. The molecule has 0 saturated carbocycles. The first-order chi connectivity index (χ1) is 8.54. The molecular formula is C14H20N4. The topological polar surface area (TPSA) is 62.8 Å². The molecule has 0 saturated heterocycles. The van der Waals surface area contributed by atoms with E-state index in [1.165, 1.54) is 16.8 Å². The highest BCUT2D eigenvalue weighted by atomic mass is 15.1. The summed E-state index contributed by atoms with van der Waals surface area (Å²) in [6, 6.07) is 0. The van der Waals surface area contributed by atoms with Gasteiger partial charge in [0, 0.05) is 17.5 Å². The summed E-state index contributed by atoms with van der Waals surface area (Å²) in [5.41, 5.74) is 9.97. The monoisotopic (exact) mass is 244 g/mol. The number of fused-ring (bicyclic) bond motifs is 1. The van der Waals surface area contributed by atoms with Crippen molar-refractivity contribution in [1.29, 1.82) is 0 Å². The van der Waals surface area contributed by atoms with Crippen molar-refractivity contribution < 1.29 is 0 Å². The number of rotatable bonds is 0. The minimum Gasteiger partial charge on any atom is -0.387 e. The summed E-state index contributed by atoms with van der Waals surface area (Å²) in [6.07, 6.45) is 3.20. The molecule has 2 unspecified atom stereocenters. The Morgan fingerprint density at radius 3 is 2.72 bits per heavy atom. The van der Waals surface area contributed by atoms with Gasteiger partial charge in [-0.25, -0.2) is 9.98 Å². The molecule has 0 fully saturated rings. The zero-order valence-corrected chi connectivity index (χ0v) is 11.2. The number of aliphatic imine (C=N–C) groups is 2. The van der Waals surface area contributed by atoms with Gasteiger partial charge in [0.25, 0.3) is 0 Å². The minimum atomic E-state index is 0.357. The number of nitrogens with zero attached hydrogens (tertiary/aromatic N) is 2. The molecule has 0 aromatic carbocycles. The summed E-state index contributed by atoms with van der Waals surface area (Å²) >= 11 is 0. The lowest BCUT2D eigenvalue weighted by molar-refractivity contribution is 0.568. The molecule has 0 aromatic rings. The molecule has 0 aromatic heterocycles. The number of hydrogen-bond donors (Lipinski definition) is 2. The van der Waals surface area contributed by atoms with Gasteiger partial charge in [0.05, 0.1) is 0 Å². The fourth-order valence-electron chi connectivity index (χ4n) is 2.88. The smallest absolute Gasteiger partial charge is 0.155 e. The molecule has 3 aliphatic heterocycles. The van der Waals surface area contributed by atoms with E-state index >= 15 is 0 Å². The summed E-state index contributed by atoms with van der Waals surface area (Å²) in [7, 11) is 0. The Bertz CT molecular complexity index is 522. The van der Waals surface area contributed by atoms with Crippen LogP contribution in [0.5, 0.6) is 0 Å². The van der Waals surface area contributed by atoms with Crippen LogP contribution < -0.4 is 11.1 Å². The summed E-state index contributed by atoms with van der Waals surface area (Å²) in [4.78, 5) is 9.13. The zero-order valence-electron chi connectivity index (χ0n) is 11.2. The average molecular weight is 244 g/mol. The van der Waals surface area contributed by atoms with Crippen LogP contribution in [-0.4, -0.2) is 11.7 Å². The van der Waals surface area contributed by atoms with E-state index in [0.717, 1.165) is 36.8 Å². The van der Waals surface area contributed by atoms with Crippen molar-refractivity contribution in [3.8, 4) is 0 Å². The molecule has 3 rings (SSSR count). The van der Waals surface area contributed by atoms with E-state index < -0.39 is 0 Å². The lowest BCUT2D eigenvalue weighted by Gasteiger charge is -2.33. The Balaban J connectivity index is 1.95. The predicted octanol–water partition coefficient (Wildman–Crippen LogP) is 2.30. The molecule has 3 heterocycles. The third-order valence-corrected chi connectivity index (χ3v) is 4.22. The molecule has 0 bridgehead atoms. The van der Waals surface area contributed by atoms with Crippen molar-refractivity contribution >= 4 is 11.7 Å². The van der Waals surface area contributed by atoms with E-state index in [1.54, 1.807) is 0 Å². The highest BCUT2D eigenvalue weighted by Crippen LogP contribution is 2.36. The van der Waals surface area contributed by atoms with E-state index in [4.69, 9.17) is 5.73 Å². The maximum absolute atomic E-state index is 5.92. The van der Waals surface area contributed by atoms with Crippen LogP contribution in [0.2, 0.25) is 0 Å². The molecular weight excluding hydrogens is 224 g/mol. The van der Waals surface area contributed by atoms with E-state index in [-0.39, 0.29) is 0 Å². The Labute approximate surface area is 108 Å². The van der Waals surface area contributed by atoms with Crippen molar-refractivity contribution in [3.05, 3.63) is 22.7 Å². The van der Waals surface area contributed by atoms with Gasteiger partial charge in [-0.2, -0.15) is 0 Å². The van der Waals surface area contributed by atoms with E-state index in [9.17, 15) is 0 Å². The van der Waals surface area contributed by atoms with Crippen molar-refractivity contribution in [3.63, 3.8) is 0 Å². The largest absolute Gasteiger partial charge is 0.387 e. The quantitative estimate of drug-likeness (QED) is 0.686. The van der Waals surface area contributed by atoms with Gasteiger partial charge in [-0.1, -0.05) is 12.5 Å². The normalized spacial score (nSPS) is 31.3. The van der Waals surface area contributed by atoms with Gasteiger partial charge in [0.1, 0.15) is 11.7 Å². The first-order valence-electron chi connectivity index (χ1n) is 6.62. The Hall–Kier alpha value is -1.58. The molecule has 18 heavy (non-hydrogen) atoms. The Morgan fingerprint density at radius 1 is 1.17 bits per heavy atom. The van der Waals surface area contributed by atoms with Crippen LogP contribution in [0.1, 0.15) is 40.0 Å². The van der Waals surface area contributed by atoms with Gasteiger partial charge in [-0.3, -0.25) is 0 Å². The molecule has 0 amide bonds. The second-order valence-electron chi connectivity index (χ2n) is 5.70. The molecule has 0 spiro atoms. The maximum atomic E-state index is 5.92. The first kappa shape index (κ1) is 11.5. The SMILES string of the molecule is CC1=C(C)NC2=NC3=C(CC(C)C(N)=N3)CC2C1. The van der Waals surface area contributed by atoms with E-state index in [2.05, 4.69) is 36.1 Å². The summed E-state index contributed by atoms with van der Waals surface area (Å²) in [5, 5.41) is 3.41. The van der Waals surface area contributed by atoms with Crippen LogP contribution >= 0.6 is 0 Å². The fourth-order valence-corrected chi connectivity index (χ4v) is 2.88. The number of amidine groups is 2. The van der Waals surface area contributed by atoms with Crippen molar-refractivity contribution in [2.24, 2.45) is 27.6 Å². The van der Waals surface area contributed by atoms with Crippen LogP contribution in [0.3, 0.4) is 0 Å². The van der Waals surface area contributed by atoms with Gasteiger partial charge in [-0.05, 0) is 38.7 Å². The molecule has 96 valence electrons. The molecule has 4 heteroatoms. The molecule has 0 aliphatic carbocycles. The van der Waals surface area contributed by atoms with Gasteiger partial charge in [-0.15, -0.1) is 0 Å².